The number of carbonyl (C=O) groups excluding carboxylic acids is 1. The van der Waals surface area contributed by atoms with Crippen LogP contribution in [0.15, 0.2) is 60.9 Å². The lowest BCUT2D eigenvalue weighted by Crippen LogP contribution is -2.46. The Morgan fingerprint density at radius 3 is 2.28 bits per heavy atom. The van der Waals surface area contributed by atoms with E-state index in [1.54, 1.807) is 12.4 Å². The number of hydrogen-bond acceptors (Lipinski definition) is 3. The molecule has 1 aromatic heterocycles. The summed E-state index contributed by atoms with van der Waals surface area (Å²) >= 11 is 0. The number of aromatic nitrogens is 1. The summed E-state index contributed by atoms with van der Waals surface area (Å²) in [5.74, 6) is -0.433. The van der Waals surface area contributed by atoms with Gasteiger partial charge in [-0.2, -0.15) is 0 Å². The molecule has 0 aliphatic carbocycles. The second-order valence-electron chi connectivity index (χ2n) is 3.65. The molecular weight excluding hydrogens is 230 g/mol. The summed E-state index contributed by atoms with van der Waals surface area (Å²) in [6.07, 6.45) is 2.67. The van der Waals surface area contributed by atoms with Crippen molar-refractivity contribution >= 4 is 5.97 Å². The molecule has 0 spiro atoms. The van der Waals surface area contributed by atoms with Gasteiger partial charge in [-0.1, -0.05) is 36.4 Å². The van der Waals surface area contributed by atoms with E-state index in [1.165, 1.54) is 11.8 Å². The lowest BCUT2D eigenvalue weighted by molar-refractivity contribution is -0.898. The number of carbonyl (C=O) groups is 1. The van der Waals surface area contributed by atoms with E-state index in [-0.39, 0.29) is 0 Å². The molecule has 1 heterocycles. The molecule has 0 saturated carbocycles. The number of nitrogens with zero attached hydrogens (tertiary/aromatic N) is 1. The highest BCUT2D eigenvalue weighted by molar-refractivity contribution is 5.76. The minimum absolute atomic E-state index is 0.433. The van der Waals surface area contributed by atoms with Gasteiger partial charge in [-0.05, 0) is 0 Å². The highest BCUT2D eigenvalue weighted by Gasteiger charge is 2.27. The number of methoxy groups -OCH3 is 1. The summed E-state index contributed by atoms with van der Waals surface area (Å²) in [6, 6.07) is 14.7. The van der Waals surface area contributed by atoms with E-state index >= 15 is 0 Å². The standard InChI is InChI=1S/C14H14NO3/c1-17-14(16)13(12-8-4-2-5-9-12)18-15-10-6-3-7-11-15/h2-11,13H,1H3/q+1. The Bertz CT molecular complexity index is 499. The maximum Gasteiger partial charge on any atom is 0.359 e. The summed E-state index contributed by atoms with van der Waals surface area (Å²) in [5, 5.41) is 0. The van der Waals surface area contributed by atoms with Crippen LogP contribution in [0.4, 0.5) is 0 Å². The number of ether oxygens (including phenoxy) is 1. The van der Waals surface area contributed by atoms with Gasteiger partial charge in [-0.25, -0.2) is 4.79 Å². The molecule has 2 rings (SSSR count). The first kappa shape index (κ1) is 12.1. The molecule has 1 atom stereocenters. The normalized spacial score (nSPS) is 11.6. The van der Waals surface area contributed by atoms with Gasteiger partial charge in [0.1, 0.15) is 0 Å². The lowest BCUT2D eigenvalue weighted by Gasteiger charge is -2.11. The molecule has 0 aliphatic rings. The summed E-state index contributed by atoms with van der Waals surface area (Å²) in [5.41, 5.74) is 0.751. The zero-order chi connectivity index (χ0) is 12.8. The topological polar surface area (TPSA) is 39.4 Å². The van der Waals surface area contributed by atoms with Crippen LogP contribution in [-0.2, 0) is 9.53 Å². The van der Waals surface area contributed by atoms with Crippen LogP contribution in [-0.4, -0.2) is 13.1 Å². The monoisotopic (exact) mass is 244 g/mol. The van der Waals surface area contributed by atoms with Gasteiger partial charge >= 0.3 is 5.97 Å². The SMILES string of the molecule is COC(=O)C(O[n+]1ccccc1)c1ccccc1. The molecule has 0 amide bonds. The number of pyridine rings is 1. The molecular formula is C14H14NO3+. The van der Waals surface area contributed by atoms with E-state index in [0.717, 1.165) is 5.56 Å². The van der Waals surface area contributed by atoms with Crippen molar-refractivity contribution < 1.29 is 19.1 Å². The van der Waals surface area contributed by atoms with Crippen LogP contribution in [0.25, 0.3) is 0 Å². The summed E-state index contributed by atoms with van der Waals surface area (Å²) < 4.78 is 6.24. The number of rotatable bonds is 4. The van der Waals surface area contributed by atoms with Crippen molar-refractivity contribution in [1.82, 2.24) is 0 Å². The molecule has 18 heavy (non-hydrogen) atoms. The van der Waals surface area contributed by atoms with E-state index in [0.29, 0.717) is 0 Å². The largest absolute Gasteiger partial charge is 0.466 e. The van der Waals surface area contributed by atoms with Crippen molar-refractivity contribution in [3.63, 3.8) is 0 Å². The van der Waals surface area contributed by atoms with Crippen LogP contribution in [0.5, 0.6) is 0 Å². The number of hydrogen-bond donors (Lipinski definition) is 0. The van der Waals surface area contributed by atoms with Crippen LogP contribution in [0, 0.1) is 0 Å². The molecule has 0 aliphatic heterocycles. The smallest absolute Gasteiger partial charge is 0.359 e. The van der Waals surface area contributed by atoms with Gasteiger partial charge < -0.3 is 4.74 Å². The van der Waals surface area contributed by atoms with Gasteiger partial charge in [0.25, 0.3) is 6.10 Å². The second kappa shape index (κ2) is 5.82. The minimum Gasteiger partial charge on any atom is -0.466 e. The van der Waals surface area contributed by atoms with Crippen molar-refractivity contribution in [2.24, 2.45) is 0 Å². The van der Waals surface area contributed by atoms with Crippen LogP contribution < -0.4 is 9.57 Å². The fourth-order valence-electron chi connectivity index (χ4n) is 1.55. The summed E-state index contributed by atoms with van der Waals surface area (Å²) in [7, 11) is 1.34. The van der Waals surface area contributed by atoms with Gasteiger partial charge in [0.05, 0.1) is 7.11 Å². The quantitative estimate of drug-likeness (QED) is 0.601. The highest BCUT2D eigenvalue weighted by Crippen LogP contribution is 2.14. The molecule has 92 valence electrons. The fraction of sp³-hybridized carbons (Fsp3) is 0.143. The lowest BCUT2D eigenvalue weighted by atomic mass is 10.1. The Balaban J connectivity index is 2.24. The molecule has 0 saturated heterocycles. The first-order valence-corrected chi connectivity index (χ1v) is 5.57. The minimum atomic E-state index is -0.774. The maximum absolute atomic E-state index is 11.8. The van der Waals surface area contributed by atoms with Crippen LogP contribution in [0.2, 0.25) is 0 Å². The molecule has 2 aromatic rings. The first-order chi connectivity index (χ1) is 8.81. The molecule has 0 bridgehead atoms. The van der Waals surface area contributed by atoms with Crippen LogP contribution >= 0.6 is 0 Å². The summed E-state index contributed by atoms with van der Waals surface area (Å²) in [6.45, 7) is 0. The van der Waals surface area contributed by atoms with Gasteiger partial charge in [-0.15, -0.1) is 0 Å². The zero-order valence-electron chi connectivity index (χ0n) is 10.0. The third-order valence-electron chi connectivity index (χ3n) is 2.43. The molecule has 1 aromatic carbocycles. The fourth-order valence-corrected chi connectivity index (χ4v) is 1.55. The Kier molecular flexibility index (Phi) is 3.91. The Labute approximate surface area is 105 Å². The Morgan fingerprint density at radius 1 is 1.06 bits per heavy atom. The molecule has 4 nitrogen and oxygen atoms in total. The molecule has 4 heteroatoms. The van der Waals surface area contributed by atoms with Gasteiger partial charge in [0.15, 0.2) is 0 Å². The van der Waals surface area contributed by atoms with Gasteiger partial charge in [0, 0.05) is 22.4 Å². The maximum atomic E-state index is 11.8. The van der Waals surface area contributed by atoms with Gasteiger partial charge in [-0.3, -0.25) is 4.84 Å². The van der Waals surface area contributed by atoms with Crippen molar-refractivity contribution in [1.29, 1.82) is 0 Å². The molecule has 1 unspecified atom stereocenters. The third-order valence-corrected chi connectivity index (χ3v) is 2.43. The molecule has 0 N–H and O–H groups in total. The van der Waals surface area contributed by atoms with Gasteiger partial charge in [0.2, 0.25) is 12.4 Å². The van der Waals surface area contributed by atoms with E-state index in [9.17, 15) is 4.79 Å². The third kappa shape index (κ3) is 2.85. The van der Waals surface area contributed by atoms with E-state index in [4.69, 9.17) is 9.57 Å². The predicted molar refractivity (Wildman–Crippen MR) is 64.4 cm³/mol. The number of benzene rings is 1. The first-order valence-electron chi connectivity index (χ1n) is 5.57. The average molecular weight is 244 g/mol. The zero-order valence-corrected chi connectivity index (χ0v) is 10.0. The molecule has 0 fully saturated rings. The predicted octanol–water partition coefficient (Wildman–Crippen LogP) is 1.32. The van der Waals surface area contributed by atoms with E-state index in [2.05, 4.69) is 0 Å². The summed E-state index contributed by atoms with van der Waals surface area (Å²) in [4.78, 5) is 17.4. The molecule has 0 radical (unpaired) electrons. The van der Waals surface area contributed by atoms with E-state index in [1.807, 2.05) is 48.5 Å². The number of esters is 1. The highest BCUT2D eigenvalue weighted by atomic mass is 16.7. The van der Waals surface area contributed by atoms with Crippen LogP contribution in [0.1, 0.15) is 11.7 Å². The second-order valence-corrected chi connectivity index (χ2v) is 3.65. The Hall–Kier alpha value is -2.36. The van der Waals surface area contributed by atoms with Crippen molar-refractivity contribution in [3.8, 4) is 0 Å². The van der Waals surface area contributed by atoms with Crippen molar-refractivity contribution in [2.75, 3.05) is 7.11 Å². The van der Waals surface area contributed by atoms with E-state index < -0.39 is 12.1 Å². The Morgan fingerprint density at radius 2 is 1.67 bits per heavy atom. The average Bonchev–Trinajstić information content (AvgIpc) is 2.46. The van der Waals surface area contributed by atoms with Crippen molar-refractivity contribution in [3.05, 3.63) is 66.5 Å². The van der Waals surface area contributed by atoms with Crippen LogP contribution in [0.3, 0.4) is 0 Å². The van der Waals surface area contributed by atoms with Crippen molar-refractivity contribution in [2.45, 2.75) is 6.10 Å².